The van der Waals surface area contributed by atoms with Crippen LogP contribution in [-0.4, -0.2) is 33.9 Å². The number of pyridine rings is 2. The molecule has 5 rings (SSSR count). The SMILES string of the molecule is Cc1cncc(-n2c(=O)nc(Nc3cc4cn(C)nc4cc3Cl)n(Cc3cc(C#N)c(F)cn3)c2=O)c1. The normalized spacial score (nSPS) is 11.0. The van der Waals surface area contributed by atoms with Crippen LogP contribution in [0.5, 0.6) is 0 Å². The van der Waals surface area contributed by atoms with Gasteiger partial charge in [-0.2, -0.15) is 15.3 Å². The number of benzene rings is 1. The van der Waals surface area contributed by atoms with Gasteiger partial charge in [0.1, 0.15) is 6.07 Å². The molecule has 0 atom stereocenters. The Kier molecular flexibility index (Phi) is 5.98. The minimum Gasteiger partial charge on any atom is -0.324 e. The number of rotatable bonds is 5. The highest BCUT2D eigenvalue weighted by molar-refractivity contribution is 6.34. The predicted molar refractivity (Wildman–Crippen MR) is 134 cm³/mol. The number of nitriles is 1. The van der Waals surface area contributed by atoms with Crippen LogP contribution in [0.25, 0.3) is 16.6 Å². The second-order valence-electron chi connectivity index (χ2n) is 8.23. The van der Waals surface area contributed by atoms with E-state index in [-0.39, 0.29) is 34.5 Å². The zero-order valence-electron chi connectivity index (χ0n) is 19.5. The maximum atomic E-state index is 13.9. The molecule has 13 heteroatoms. The second kappa shape index (κ2) is 9.29. The standard InChI is InChI=1S/C24H17ClFN9O2/c1-13-3-17(9-28-8-13)35-23(36)31-22(30-21-5-15-11-33(2)32-20(15)6-18(21)25)34(24(35)37)12-16-4-14(7-27)19(26)10-29-16/h3-6,8-11H,12H2,1-2H3,(H,30,31,36). The lowest BCUT2D eigenvalue weighted by Crippen LogP contribution is -2.42. The van der Waals surface area contributed by atoms with Gasteiger partial charge in [-0.25, -0.2) is 18.5 Å². The summed E-state index contributed by atoms with van der Waals surface area (Å²) in [5, 5.41) is 17.5. The molecule has 1 N–H and O–H groups in total. The molecule has 5 aromatic rings. The molecule has 0 amide bonds. The summed E-state index contributed by atoms with van der Waals surface area (Å²) >= 11 is 6.45. The summed E-state index contributed by atoms with van der Waals surface area (Å²) in [6.07, 6.45) is 5.63. The molecule has 37 heavy (non-hydrogen) atoms. The summed E-state index contributed by atoms with van der Waals surface area (Å²) in [5.74, 6) is -0.913. The Hall–Kier alpha value is -4.89. The number of nitrogens with one attached hydrogen (secondary N) is 1. The lowest BCUT2D eigenvalue weighted by molar-refractivity contribution is 0.608. The Morgan fingerprint density at radius 3 is 2.73 bits per heavy atom. The van der Waals surface area contributed by atoms with Gasteiger partial charge < -0.3 is 5.32 Å². The van der Waals surface area contributed by atoms with E-state index in [1.807, 2.05) is 0 Å². The lowest BCUT2D eigenvalue weighted by atomic mass is 10.2. The molecule has 0 radical (unpaired) electrons. The van der Waals surface area contributed by atoms with Crippen LogP contribution < -0.4 is 16.7 Å². The van der Waals surface area contributed by atoms with Crippen LogP contribution in [0.3, 0.4) is 0 Å². The number of hydrogen-bond acceptors (Lipinski definition) is 8. The van der Waals surface area contributed by atoms with Crippen molar-refractivity contribution in [1.29, 1.82) is 5.26 Å². The third-order valence-electron chi connectivity index (χ3n) is 5.50. The van der Waals surface area contributed by atoms with Gasteiger partial charge in [-0.15, -0.1) is 0 Å². The van der Waals surface area contributed by atoms with Gasteiger partial charge in [-0.1, -0.05) is 11.6 Å². The Labute approximate surface area is 213 Å². The molecule has 1 aromatic carbocycles. The predicted octanol–water partition coefficient (Wildman–Crippen LogP) is 2.84. The van der Waals surface area contributed by atoms with E-state index in [1.54, 1.807) is 55.3 Å². The van der Waals surface area contributed by atoms with Crippen molar-refractivity contribution in [3.8, 4) is 11.8 Å². The quantitative estimate of drug-likeness (QED) is 0.376. The van der Waals surface area contributed by atoms with Crippen LogP contribution in [-0.2, 0) is 13.6 Å². The van der Waals surface area contributed by atoms with Crippen molar-refractivity contribution in [2.75, 3.05) is 5.32 Å². The molecular formula is C24H17ClFN9O2. The van der Waals surface area contributed by atoms with E-state index in [0.29, 0.717) is 11.2 Å². The molecule has 0 unspecified atom stereocenters. The zero-order chi connectivity index (χ0) is 26.3. The van der Waals surface area contributed by atoms with Crippen molar-refractivity contribution in [1.82, 2.24) is 33.9 Å². The largest absolute Gasteiger partial charge is 0.359 e. The molecule has 0 fully saturated rings. The van der Waals surface area contributed by atoms with E-state index in [0.717, 1.165) is 26.3 Å². The zero-order valence-corrected chi connectivity index (χ0v) is 20.2. The van der Waals surface area contributed by atoms with Gasteiger partial charge in [-0.3, -0.25) is 19.2 Å². The van der Waals surface area contributed by atoms with E-state index >= 15 is 0 Å². The number of nitrogens with zero attached hydrogens (tertiary/aromatic N) is 8. The van der Waals surface area contributed by atoms with Crippen LogP contribution in [0.15, 0.2) is 58.6 Å². The fourth-order valence-corrected chi connectivity index (χ4v) is 4.02. The average Bonchev–Trinajstić information content (AvgIpc) is 3.21. The van der Waals surface area contributed by atoms with Crippen molar-refractivity contribution >= 4 is 34.1 Å². The van der Waals surface area contributed by atoms with Crippen LogP contribution in [0.1, 0.15) is 16.8 Å². The Bertz CT molecular complexity index is 1850. The highest BCUT2D eigenvalue weighted by atomic mass is 35.5. The van der Waals surface area contributed by atoms with Crippen molar-refractivity contribution < 1.29 is 4.39 Å². The van der Waals surface area contributed by atoms with Crippen LogP contribution in [0.4, 0.5) is 16.0 Å². The van der Waals surface area contributed by atoms with E-state index in [1.165, 1.54) is 12.3 Å². The van der Waals surface area contributed by atoms with Crippen molar-refractivity contribution in [3.63, 3.8) is 0 Å². The third kappa shape index (κ3) is 4.55. The Morgan fingerprint density at radius 1 is 1.16 bits per heavy atom. The minimum atomic E-state index is -0.848. The fraction of sp³-hybridized carbons (Fsp3) is 0.125. The summed E-state index contributed by atoms with van der Waals surface area (Å²) in [6, 6.07) is 7.94. The molecule has 0 saturated carbocycles. The van der Waals surface area contributed by atoms with Gasteiger partial charge in [0, 0.05) is 24.8 Å². The molecule has 0 aliphatic rings. The monoisotopic (exact) mass is 517 g/mol. The summed E-state index contributed by atoms with van der Waals surface area (Å²) in [7, 11) is 1.77. The molecule has 4 heterocycles. The third-order valence-corrected chi connectivity index (χ3v) is 5.81. The van der Waals surface area contributed by atoms with E-state index in [9.17, 15) is 19.2 Å². The van der Waals surface area contributed by atoms with E-state index in [4.69, 9.17) is 11.6 Å². The van der Waals surface area contributed by atoms with Gasteiger partial charge in [0.15, 0.2) is 5.82 Å². The summed E-state index contributed by atoms with van der Waals surface area (Å²) in [4.78, 5) is 38.8. The number of halogens is 2. The number of anilines is 2. The highest BCUT2D eigenvalue weighted by Gasteiger charge is 2.18. The van der Waals surface area contributed by atoms with Crippen molar-refractivity contribution in [3.05, 3.63) is 97.7 Å². The first kappa shape index (κ1) is 23.8. The molecular weight excluding hydrogens is 501 g/mol. The number of hydrogen-bond donors (Lipinski definition) is 1. The summed E-state index contributed by atoms with van der Waals surface area (Å²) in [6.45, 7) is 1.54. The number of aryl methyl sites for hydroxylation is 2. The minimum absolute atomic E-state index is 0.123. The maximum absolute atomic E-state index is 13.9. The first-order valence-electron chi connectivity index (χ1n) is 10.8. The molecule has 0 bridgehead atoms. The van der Waals surface area contributed by atoms with Gasteiger partial charge in [0.25, 0.3) is 0 Å². The summed E-state index contributed by atoms with van der Waals surface area (Å²) < 4.78 is 17.5. The first-order valence-corrected chi connectivity index (χ1v) is 11.2. The van der Waals surface area contributed by atoms with Gasteiger partial charge in [0.2, 0.25) is 5.95 Å². The molecule has 4 aromatic heterocycles. The maximum Gasteiger partial charge on any atom is 0.359 e. The molecule has 0 aliphatic heterocycles. The number of fused-ring (bicyclic) bond motifs is 1. The second-order valence-corrected chi connectivity index (χ2v) is 8.64. The van der Waals surface area contributed by atoms with Crippen molar-refractivity contribution in [2.24, 2.45) is 7.05 Å². The van der Waals surface area contributed by atoms with Gasteiger partial charge in [0.05, 0.1) is 52.1 Å². The fourth-order valence-electron chi connectivity index (χ4n) is 3.82. The van der Waals surface area contributed by atoms with E-state index < -0.39 is 17.2 Å². The van der Waals surface area contributed by atoms with Crippen LogP contribution in [0.2, 0.25) is 5.02 Å². The van der Waals surface area contributed by atoms with E-state index in [2.05, 4.69) is 25.4 Å². The molecule has 184 valence electrons. The average molecular weight is 518 g/mol. The molecule has 0 spiro atoms. The molecule has 11 nitrogen and oxygen atoms in total. The highest BCUT2D eigenvalue weighted by Crippen LogP contribution is 2.29. The smallest absolute Gasteiger partial charge is 0.324 e. The number of aromatic nitrogens is 7. The molecule has 0 aliphatic carbocycles. The van der Waals surface area contributed by atoms with Crippen molar-refractivity contribution in [2.45, 2.75) is 13.5 Å². The first-order chi connectivity index (χ1) is 17.7. The van der Waals surface area contributed by atoms with Gasteiger partial charge in [-0.05, 0) is 36.8 Å². The topological polar surface area (TPSA) is 136 Å². The molecule has 0 saturated heterocycles. The summed E-state index contributed by atoms with van der Waals surface area (Å²) in [5.41, 5.74) is 0.355. The Morgan fingerprint density at radius 2 is 1.97 bits per heavy atom. The lowest BCUT2D eigenvalue weighted by Gasteiger charge is -2.16. The van der Waals surface area contributed by atoms with Crippen LogP contribution in [0, 0.1) is 24.1 Å². The van der Waals surface area contributed by atoms with Gasteiger partial charge >= 0.3 is 11.4 Å². The van der Waals surface area contributed by atoms with Crippen LogP contribution >= 0.6 is 11.6 Å². The Balaban J connectivity index is 1.69.